The first-order valence-electron chi connectivity index (χ1n) is 13.0. The van der Waals surface area contributed by atoms with Crippen molar-refractivity contribution in [3.8, 4) is 56.7 Å². The molecule has 0 saturated heterocycles. The monoisotopic (exact) mass is 503 g/mol. The van der Waals surface area contributed by atoms with Gasteiger partial charge in [0, 0.05) is 39.4 Å². The summed E-state index contributed by atoms with van der Waals surface area (Å²) < 4.78 is 0. The first kappa shape index (κ1) is 23.1. The molecule has 2 heterocycles. The maximum atomic E-state index is 5.09. The van der Waals surface area contributed by atoms with E-state index in [0.29, 0.717) is 23.3 Å². The van der Waals surface area contributed by atoms with Crippen LogP contribution >= 0.6 is 0 Å². The van der Waals surface area contributed by atoms with Gasteiger partial charge in [0.2, 0.25) is 0 Å². The molecule has 0 spiro atoms. The van der Waals surface area contributed by atoms with Gasteiger partial charge in [0.15, 0.2) is 23.3 Å². The average Bonchev–Trinajstić information content (AvgIpc) is 3.24. The van der Waals surface area contributed by atoms with Gasteiger partial charge in [-0.25, -0.2) is 24.9 Å². The van der Waals surface area contributed by atoms with E-state index in [-0.39, 0.29) is 5.41 Å². The topological polar surface area (TPSA) is 64.5 Å². The Labute approximate surface area is 227 Å². The molecule has 1 aliphatic carbocycles. The number of rotatable bonds is 4. The molecule has 0 bridgehead atoms. The van der Waals surface area contributed by atoms with Crippen molar-refractivity contribution in [2.75, 3.05) is 0 Å². The molecule has 4 aromatic carbocycles. The van der Waals surface area contributed by atoms with Gasteiger partial charge in [-0.3, -0.25) is 0 Å². The lowest BCUT2D eigenvalue weighted by Gasteiger charge is -2.20. The summed E-state index contributed by atoms with van der Waals surface area (Å²) in [5.41, 5.74) is 8.16. The molecule has 0 amide bonds. The Morgan fingerprint density at radius 1 is 0.462 bits per heavy atom. The number of hydrogen-bond donors (Lipinski definition) is 0. The van der Waals surface area contributed by atoms with Crippen molar-refractivity contribution in [1.82, 2.24) is 24.9 Å². The maximum Gasteiger partial charge on any atom is 0.164 e. The molecule has 7 rings (SSSR count). The van der Waals surface area contributed by atoms with Crippen molar-refractivity contribution in [2.24, 2.45) is 0 Å². The first-order valence-corrected chi connectivity index (χ1v) is 13.0. The van der Waals surface area contributed by atoms with Crippen LogP contribution in [-0.4, -0.2) is 24.9 Å². The number of fused-ring (bicyclic) bond motifs is 3. The zero-order chi connectivity index (χ0) is 26.4. The van der Waals surface area contributed by atoms with Crippen molar-refractivity contribution in [3.05, 3.63) is 127 Å². The fourth-order valence-corrected chi connectivity index (χ4v) is 5.32. The first-order chi connectivity index (χ1) is 19.1. The molecule has 0 radical (unpaired) electrons. The third-order valence-corrected chi connectivity index (χ3v) is 7.35. The third kappa shape index (κ3) is 3.99. The van der Waals surface area contributed by atoms with Gasteiger partial charge in [-0.2, -0.15) is 0 Å². The van der Waals surface area contributed by atoms with Gasteiger partial charge in [0.25, 0.3) is 0 Å². The molecule has 0 N–H and O–H groups in total. The van der Waals surface area contributed by atoms with E-state index in [1.165, 1.54) is 11.1 Å². The fourth-order valence-electron chi connectivity index (χ4n) is 5.32. The van der Waals surface area contributed by atoms with E-state index in [4.69, 9.17) is 24.9 Å². The normalized spacial score (nSPS) is 13.1. The van der Waals surface area contributed by atoms with Crippen LogP contribution in [0.4, 0.5) is 0 Å². The summed E-state index contributed by atoms with van der Waals surface area (Å²) >= 11 is 0. The van der Waals surface area contributed by atoms with Crippen LogP contribution < -0.4 is 0 Å². The molecule has 0 atom stereocenters. The SMILES string of the molecule is CC1(C)c2ccccc2-c2cnc(-c3cccc(-c4nc(-c5ccccc5)nc(-c5ccccc5)n4)c3)nc21. The Kier molecular flexibility index (Phi) is 5.37. The van der Waals surface area contributed by atoms with Gasteiger partial charge in [-0.05, 0) is 17.2 Å². The molecular weight excluding hydrogens is 478 g/mol. The summed E-state index contributed by atoms with van der Waals surface area (Å²) in [4.78, 5) is 24.4. The lowest BCUT2D eigenvalue weighted by molar-refractivity contribution is 0.636. The van der Waals surface area contributed by atoms with Crippen molar-refractivity contribution in [1.29, 1.82) is 0 Å². The zero-order valence-electron chi connectivity index (χ0n) is 21.7. The van der Waals surface area contributed by atoms with Gasteiger partial charge in [-0.1, -0.05) is 117 Å². The number of hydrogen-bond acceptors (Lipinski definition) is 5. The Bertz CT molecular complexity index is 1770. The van der Waals surface area contributed by atoms with Crippen LogP contribution in [-0.2, 0) is 5.41 Å². The predicted octanol–water partition coefficient (Wildman–Crippen LogP) is 7.64. The summed E-state index contributed by atoms with van der Waals surface area (Å²) in [7, 11) is 0. The van der Waals surface area contributed by atoms with Crippen LogP contribution in [0.15, 0.2) is 115 Å². The number of nitrogens with zero attached hydrogens (tertiary/aromatic N) is 5. The van der Waals surface area contributed by atoms with E-state index in [9.17, 15) is 0 Å². The summed E-state index contributed by atoms with van der Waals surface area (Å²) in [6, 6.07) is 36.7. The molecule has 0 aliphatic heterocycles. The largest absolute Gasteiger partial charge is 0.236 e. The third-order valence-electron chi connectivity index (χ3n) is 7.35. The summed E-state index contributed by atoms with van der Waals surface area (Å²) in [6.07, 6.45) is 1.96. The molecule has 0 saturated carbocycles. The highest BCUT2D eigenvalue weighted by atomic mass is 15.0. The van der Waals surface area contributed by atoms with Gasteiger partial charge in [-0.15, -0.1) is 0 Å². The molecule has 5 nitrogen and oxygen atoms in total. The Morgan fingerprint density at radius 3 is 1.62 bits per heavy atom. The average molecular weight is 504 g/mol. The molecule has 5 heteroatoms. The van der Waals surface area contributed by atoms with Gasteiger partial charge in [0.1, 0.15) is 0 Å². The van der Waals surface area contributed by atoms with Crippen molar-refractivity contribution < 1.29 is 0 Å². The van der Waals surface area contributed by atoms with Crippen LogP contribution in [0, 0.1) is 0 Å². The maximum absolute atomic E-state index is 5.09. The van der Waals surface area contributed by atoms with Gasteiger partial charge >= 0.3 is 0 Å². The fraction of sp³-hybridized carbons (Fsp3) is 0.0882. The van der Waals surface area contributed by atoms with E-state index < -0.39 is 0 Å². The molecule has 0 unspecified atom stereocenters. The Hall–Kier alpha value is -5.03. The summed E-state index contributed by atoms with van der Waals surface area (Å²) in [6.45, 7) is 4.46. The second-order valence-electron chi connectivity index (χ2n) is 10.2. The minimum atomic E-state index is -0.190. The molecule has 1 aliphatic rings. The van der Waals surface area contributed by atoms with Crippen molar-refractivity contribution >= 4 is 0 Å². The minimum absolute atomic E-state index is 0.190. The molecule has 0 fully saturated rings. The van der Waals surface area contributed by atoms with Crippen LogP contribution in [0.2, 0.25) is 0 Å². The smallest absolute Gasteiger partial charge is 0.164 e. The highest BCUT2D eigenvalue weighted by Crippen LogP contribution is 2.47. The van der Waals surface area contributed by atoms with Crippen LogP contribution in [0.1, 0.15) is 25.1 Å². The predicted molar refractivity (Wildman–Crippen MR) is 155 cm³/mol. The lowest BCUT2D eigenvalue weighted by atomic mass is 9.85. The number of aromatic nitrogens is 5. The van der Waals surface area contributed by atoms with E-state index in [1.807, 2.05) is 85.1 Å². The Morgan fingerprint density at radius 2 is 0.974 bits per heavy atom. The summed E-state index contributed by atoms with van der Waals surface area (Å²) in [5, 5.41) is 0. The van der Waals surface area contributed by atoms with Crippen LogP contribution in [0.3, 0.4) is 0 Å². The lowest BCUT2D eigenvalue weighted by Crippen LogP contribution is -2.17. The minimum Gasteiger partial charge on any atom is -0.236 e. The van der Waals surface area contributed by atoms with Gasteiger partial charge in [0.05, 0.1) is 5.69 Å². The zero-order valence-corrected chi connectivity index (χ0v) is 21.7. The summed E-state index contributed by atoms with van der Waals surface area (Å²) in [5.74, 6) is 2.58. The van der Waals surface area contributed by atoms with Crippen LogP contribution in [0.5, 0.6) is 0 Å². The molecule has 39 heavy (non-hydrogen) atoms. The van der Waals surface area contributed by atoms with E-state index in [1.54, 1.807) is 0 Å². The molecule has 2 aromatic heterocycles. The van der Waals surface area contributed by atoms with E-state index in [2.05, 4.69) is 44.2 Å². The molecular formula is C34H25N5. The highest BCUT2D eigenvalue weighted by molar-refractivity contribution is 5.80. The van der Waals surface area contributed by atoms with Crippen molar-refractivity contribution in [3.63, 3.8) is 0 Å². The quantitative estimate of drug-likeness (QED) is 0.247. The molecule has 186 valence electrons. The van der Waals surface area contributed by atoms with E-state index in [0.717, 1.165) is 33.5 Å². The van der Waals surface area contributed by atoms with Crippen LogP contribution in [0.25, 0.3) is 56.7 Å². The van der Waals surface area contributed by atoms with Gasteiger partial charge < -0.3 is 0 Å². The second kappa shape index (κ2) is 9.07. The van der Waals surface area contributed by atoms with Crippen molar-refractivity contribution in [2.45, 2.75) is 19.3 Å². The Balaban J connectivity index is 1.34. The standard InChI is InChI=1S/C34H25N5/c1-34(2)28-19-10-9-18-26(28)27-21-35-30(36-29(27)34)24-16-11-17-25(20-24)33-38-31(22-12-5-3-6-13-22)37-32(39-33)23-14-7-4-8-15-23/h3-21H,1-2H3. The number of benzene rings is 4. The molecule has 6 aromatic rings. The highest BCUT2D eigenvalue weighted by Gasteiger charge is 2.37. The second-order valence-corrected chi connectivity index (χ2v) is 10.2. The van der Waals surface area contributed by atoms with E-state index >= 15 is 0 Å².